The number of aromatic nitrogens is 1. The van der Waals surface area contributed by atoms with Crippen LogP contribution in [0.3, 0.4) is 0 Å². The highest BCUT2D eigenvalue weighted by atomic mass is 19.2. The third kappa shape index (κ3) is 4.81. The number of amides is 1. The monoisotopic (exact) mass is 464 g/mol. The standard InChI is InChI=1S/C27H30F2N4O/c28-23-10-9-19(16-24(23)29)26-17-22(21-7-1-2-8-25(21)31-26)27(34)33-14-5-6-20(33)18-30-11-15-32-12-3-4-13-32/h1-2,7-10,16-17,20,30H,3-6,11-15,18H2/t20-/m1/s1. The van der Waals surface area contributed by atoms with Gasteiger partial charge in [-0.1, -0.05) is 18.2 Å². The van der Waals surface area contributed by atoms with Crippen molar-refractivity contribution >= 4 is 16.8 Å². The molecule has 0 spiro atoms. The molecule has 1 amide bonds. The number of nitrogens with zero attached hydrogens (tertiary/aromatic N) is 3. The summed E-state index contributed by atoms with van der Waals surface area (Å²) in [7, 11) is 0. The van der Waals surface area contributed by atoms with Crippen molar-refractivity contribution in [3.05, 3.63) is 65.7 Å². The van der Waals surface area contributed by atoms with Gasteiger partial charge in [-0.2, -0.15) is 0 Å². The number of likely N-dealkylation sites (tertiary alicyclic amines) is 2. The zero-order chi connectivity index (χ0) is 23.5. The van der Waals surface area contributed by atoms with E-state index in [4.69, 9.17) is 0 Å². The molecular formula is C27H30F2N4O. The van der Waals surface area contributed by atoms with Crippen LogP contribution in [0.1, 0.15) is 36.0 Å². The van der Waals surface area contributed by atoms with E-state index >= 15 is 0 Å². The molecule has 3 heterocycles. The van der Waals surface area contributed by atoms with Gasteiger partial charge in [0.2, 0.25) is 0 Å². The molecule has 3 aromatic rings. The van der Waals surface area contributed by atoms with Crippen LogP contribution >= 0.6 is 0 Å². The molecule has 0 saturated carbocycles. The zero-order valence-corrected chi connectivity index (χ0v) is 19.3. The molecule has 2 saturated heterocycles. The molecule has 2 fully saturated rings. The second-order valence-electron chi connectivity index (χ2n) is 9.25. The lowest BCUT2D eigenvalue weighted by Crippen LogP contribution is -2.43. The largest absolute Gasteiger partial charge is 0.334 e. The lowest BCUT2D eigenvalue weighted by molar-refractivity contribution is 0.0737. The molecule has 1 N–H and O–H groups in total. The van der Waals surface area contributed by atoms with Crippen LogP contribution in [0.2, 0.25) is 0 Å². The van der Waals surface area contributed by atoms with E-state index in [0.717, 1.165) is 50.0 Å². The number of carbonyl (C=O) groups excluding carboxylic acids is 1. The Morgan fingerprint density at radius 1 is 1.00 bits per heavy atom. The van der Waals surface area contributed by atoms with Crippen LogP contribution in [0.5, 0.6) is 0 Å². The summed E-state index contributed by atoms with van der Waals surface area (Å²) in [5.74, 6) is -1.87. The molecule has 5 rings (SSSR count). The molecule has 1 atom stereocenters. The van der Waals surface area contributed by atoms with E-state index in [0.29, 0.717) is 28.9 Å². The lowest BCUT2D eigenvalue weighted by atomic mass is 10.0. The number of hydrogen-bond donors (Lipinski definition) is 1. The molecule has 0 aliphatic carbocycles. The second-order valence-corrected chi connectivity index (χ2v) is 9.25. The number of fused-ring (bicyclic) bond motifs is 1. The summed E-state index contributed by atoms with van der Waals surface area (Å²) in [4.78, 5) is 22.8. The van der Waals surface area contributed by atoms with Crippen LogP contribution in [0.15, 0.2) is 48.5 Å². The summed E-state index contributed by atoms with van der Waals surface area (Å²) in [6, 6.07) is 13.1. The van der Waals surface area contributed by atoms with Crippen LogP contribution in [0, 0.1) is 11.6 Å². The van der Waals surface area contributed by atoms with E-state index < -0.39 is 11.6 Å². The number of halogens is 2. The van der Waals surface area contributed by atoms with E-state index in [9.17, 15) is 13.6 Å². The average Bonchev–Trinajstić information content (AvgIpc) is 3.54. The molecule has 2 aliphatic heterocycles. The topological polar surface area (TPSA) is 48.5 Å². The number of nitrogens with one attached hydrogen (secondary N) is 1. The maximum absolute atomic E-state index is 13.9. The van der Waals surface area contributed by atoms with Crippen LogP contribution in [0.4, 0.5) is 8.78 Å². The van der Waals surface area contributed by atoms with Gasteiger partial charge in [-0.25, -0.2) is 13.8 Å². The van der Waals surface area contributed by atoms with Crippen molar-refractivity contribution in [2.75, 3.05) is 39.3 Å². The van der Waals surface area contributed by atoms with E-state index in [1.165, 1.54) is 32.0 Å². The fourth-order valence-corrected chi connectivity index (χ4v) is 5.14. The predicted octanol–water partition coefficient (Wildman–Crippen LogP) is 4.47. The highest BCUT2D eigenvalue weighted by Gasteiger charge is 2.30. The summed E-state index contributed by atoms with van der Waals surface area (Å²) in [6.45, 7) is 5.84. The van der Waals surface area contributed by atoms with Gasteiger partial charge in [0.05, 0.1) is 16.8 Å². The van der Waals surface area contributed by atoms with Gasteiger partial charge >= 0.3 is 0 Å². The molecule has 5 nitrogen and oxygen atoms in total. The maximum Gasteiger partial charge on any atom is 0.254 e. The molecule has 0 radical (unpaired) electrons. The van der Waals surface area contributed by atoms with Gasteiger partial charge in [-0.05, 0) is 69.1 Å². The quantitative estimate of drug-likeness (QED) is 0.524. The molecule has 2 aliphatic rings. The summed E-state index contributed by atoms with van der Waals surface area (Å²) in [5, 5.41) is 4.32. The number of carbonyl (C=O) groups is 1. The molecule has 1 aromatic heterocycles. The van der Waals surface area contributed by atoms with Crippen LogP contribution in [0.25, 0.3) is 22.2 Å². The Morgan fingerprint density at radius 2 is 1.82 bits per heavy atom. The Kier molecular flexibility index (Phi) is 6.83. The highest BCUT2D eigenvalue weighted by Crippen LogP contribution is 2.29. The smallest absolute Gasteiger partial charge is 0.254 e. The number of benzene rings is 2. The lowest BCUT2D eigenvalue weighted by Gasteiger charge is -2.26. The van der Waals surface area contributed by atoms with Gasteiger partial charge in [-0.3, -0.25) is 4.79 Å². The second kappa shape index (κ2) is 10.2. The van der Waals surface area contributed by atoms with Crippen LogP contribution in [-0.4, -0.2) is 66.0 Å². The molecular weight excluding hydrogens is 434 g/mol. The van der Waals surface area contributed by atoms with Crippen molar-refractivity contribution in [1.29, 1.82) is 0 Å². The number of pyridine rings is 1. The van der Waals surface area contributed by atoms with Gasteiger partial charge < -0.3 is 15.1 Å². The van der Waals surface area contributed by atoms with Gasteiger partial charge in [0, 0.05) is 43.2 Å². The fourth-order valence-electron chi connectivity index (χ4n) is 5.14. The van der Waals surface area contributed by atoms with E-state index in [-0.39, 0.29) is 11.9 Å². The number of rotatable bonds is 7. The van der Waals surface area contributed by atoms with Gasteiger partial charge in [0.1, 0.15) is 0 Å². The molecule has 7 heteroatoms. The zero-order valence-electron chi connectivity index (χ0n) is 19.3. The highest BCUT2D eigenvalue weighted by molar-refractivity contribution is 6.07. The van der Waals surface area contributed by atoms with Gasteiger partial charge in [0.25, 0.3) is 5.91 Å². The first-order valence-corrected chi connectivity index (χ1v) is 12.2. The first-order valence-electron chi connectivity index (χ1n) is 12.2. The first kappa shape index (κ1) is 22.9. The van der Waals surface area contributed by atoms with E-state index in [1.54, 1.807) is 6.07 Å². The van der Waals surface area contributed by atoms with E-state index in [2.05, 4.69) is 15.2 Å². The fraction of sp³-hybridized carbons (Fsp3) is 0.407. The Morgan fingerprint density at radius 3 is 2.65 bits per heavy atom. The number of para-hydroxylation sites is 1. The maximum atomic E-state index is 13.9. The Hall–Kier alpha value is -2.90. The number of hydrogen-bond acceptors (Lipinski definition) is 4. The van der Waals surface area contributed by atoms with Crippen molar-refractivity contribution in [2.24, 2.45) is 0 Å². The molecule has 0 bridgehead atoms. The minimum atomic E-state index is -0.931. The van der Waals surface area contributed by atoms with Crippen LogP contribution < -0.4 is 5.32 Å². The van der Waals surface area contributed by atoms with Crippen molar-refractivity contribution in [2.45, 2.75) is 31.7 Å². The average molecular weight is 465 g/mol. The third-order valence-corrected chi connectivity index (χ3v) is 6.98. The Balaban J connectivity index is 1.37. The minimum Gasteiger partial charge on any atom is -0.334 e. The molecule has 178 valence electrons. The normalized spacial score (nSPS) is 18.8. The van der Waals surface area contributed by atoms with Gasteiger partial charge in [0.15, 0.2) is 11.6 Å². The summed E-state index contributed by atoms with van der Waals surface area (Å²) in [5.41, 5.74) is 2.11. The third-order valence-electron chi connectivity index (χ3n) is 6.98. The summed E-state index contributed by atoms with van der Waals surface area (Å²) >= 11 is 0. The van der Waals surface area contributed by atoms with E-state index in [1.807, 2.05) is 29.2 Å². The van der Waals surface area contributed by atoms with Crippen molar-refractivity contribution < 1.29 is 13.6 Å². The Bertz CT molecular complexity index is 1180. The first-order chi connectivity index (χ1) is 16.6. The molecule has 34 heavy (non-hydrogen) atoms. The minimum absolute atomic E-state index is 0.0359. The van der Waals surface area contributed by atoms with Crippen molar-refractivity contribution in [3.8, 4) is 11.3 Å². The predicted molar refractivity (Wildman–Crippen MR) is 130 cm³/mol. The molecule has 2 aromatic carbocycles. The van der Waals surface area contributed by atoms with Crippen molar-refractivity contribution in [3.63, 3.8) is 0 Å². The van der Waals surface area contributed by atoms with Crippen molar-refractivity contribution in [1.82, 2.24) is 20.1 Å². The van der Waals surface area contributed by atoms with Gasteiger partial charge in [-0.15, -0.1) is 0 Å². The molecule has 0 unspecified atom stereocenters. The summed E-state index contributed by atoms with van der Waals surface area (Å²) in [6.07, 6.45) is 4.53. The Labute approximate surface area is 198 Å². The SMILES string of the molecule is O=C(c1cc(-c2ccc(F)c(F)c2)nc2ccccc12)N1CCC[C@@H]1CNCCN1CCCC1. The summed E-state index contributed by atoms with van der Waals surface area (Å²) < 4.78 is 27.4. The van der Waals surface area contributed by atoms with Crippen LogP contribution in [-0.2, 0) is 0 Å².